The van der Waals surface area contributed by atoms with Crippen LogP contribution in [0.25, 0.3) is 22.2 Å². The maximum atomic E-state index is 13.5. The molecular formula is C28H26N2O3. The standard InChI is InChI=1S/C28H26N2O3/c1-4-17-33-23-13-9-20(10-14-23)19-30(2)28(31)25-18-27(21-11-15-22(32-3)16-12-21)29-26-8-6-5-7-24(25)26/h4-16,18H,1,17,19H2,2-3H3. The van der Waals surface area contributed by atoms with Crippen molar-refractivity contribution in [3.8, 4) is 22.8 Å². The van der Waals surface area contributed by atoms with Crippen LogP contribution in [0.3, 0.4) is 0 Å². The van der Waals surface area contributed by atoms with E-state index in [1.807, 2.05) is 85.9 Å². The van der Waals surface area contributed by atoms with Crippen molar-refractivity contribution < 1.29 is 14.3 Å². The van der Waals surface area contributed by atoms with E-state index in [1.165, 1.54) is 0 Å². The molecule has 0 atom stereocenters. The summed E-state index contributed by atoms with van der Waals surface area (Å²) in [5, 5.41) is 0.833. The van der Waals surface area contributed by atoms with Crippen LogP contribution in [0.1, 0.15) is 15.9 Å². The van der Waals surface area contributed by atoms with Gasteiger partial charge in [0.25, 0.3) is 5.91 Å². The first kappa shape index (κ1) is 22.1. The van der Waals surface area contributed by atoms with Crippen LogP contribution in [-0.4, -0.2) is 36.6 Å². The lowest BCUT2D eigenvalue weighted by Crippen LogP contribution is -2.26. The van der Waals surface area contributed by atoms with Gasteiger partial charge in [-0.25, -0.2) is 4.98 Å². The highest BCUT2D eigenvalue weighted by Crippen LogP contribution is 2.27. The van der Waals surface area contributed by atoms with Crippen LogP contribution >= 0.6 is 0 Å². The Balaban J connectivity index is 1.63. The Morgan fingerprint density at radius 3 is 2.39 bits per heavy atom. The Kier molecular flexibility index (Phi) is 6.69. The predicted molar refractivity (Wildman–Crippen MR) is 132 cm³/mol. The SMILES string of the molecule is C=CCOc1ccc(CN(C)C(=O)c2cc(-c3ccc(OC)cc3)nc3ccccc23)cc1. The first-order valence-corrected chi connectivity index (χ1v) is 10.7. The first-order valence-electron chi connectivity index (χ1n) is 10.7. The lowest BCUT2D eigenvalue weighted by Gasteiger charge is -2.19. The minimum absolute atomic E-state index is 0.0599. The Hall–Kier alpha value is -4.12. The normalized spacial score (nSPS) is 10.6. The summed E-state index contributed by atoms with van der Waals surface area (Å²) in [6.45, 7) is 4.60. The van der Waals surface area contributed by atoms with Crippen LogP contribution < -0.4 is 9.47 Å². The van der Waals surface area contributed by atoms with Gasteiger partial charge in [-0.1, -0.05) is 43.0 Å². The van der Waals surface area contributed by atoms with Crippen molar-refractivity contribution in [2.45, 2.75) is 6.54 Å². The molecule has 5 heteroatoms. The van der Waals surface area contributed by atoms with Crippen LogP contribution in [0.5, 0.6) is 11.5 Å². The minimum Gasteiger partial charge on any atom is -0.497 e. The molecule has 33 heavy (non-hydrogen) atoms. The van der Waals surface area contributed by atoms with E-state index >= 15 is 0 Å². The zero-order valence-electron chi connectivity index (χ0n) is 18.8. The van der Waals surface area contributed by atoms with E-state index in [1.54, 1.807) is 18.1 Å². The molecule has 0 bridgehead atoms. The molecule has 3 aromatic carbocycles. The van der Waals surface area contributed by atoms with Gasteiger partial charge in [0.1, 0.15) is 18.1 Å². The maximum absolute atomic E-state index is 13.5. The second-order valence-electron chi connectivity index (χ2n) is 7.71. The summed E-state index contributed by atoms with van der Waals surface area (Å²) in [4.78, 5) is 20.0. The maximum Gasteiger partial charge on any atom is 0.254 e. The third-order valence-corrected chi connectivity index (χ3v) is 5.39. The molecule has 0 spiro atoms. The van der Waals surface area contributed by atoms with E-state index in [0.29, 0.717) is 18.7 Å². The van der Waals surface area contributed by atoms with Crippen molar-refractivity contribution in [2.24, 2.45) is 0 Å². The number of hydrogen-bond acceptors (Lipinski definition) is 4. The van der Waals surface area contributed by atoms with E-state index in [2.05, 4.69) is 6.58 Å². The molecule has 5 nitrogen and oxygen atoms in total. The number of nitrogens with zero attached hydrogens (tertiary/aromatic N) is 2. The molecule has 0 saturated heterocycles. The van der Waals surface area contributed by atoms with Gasteiger partial charge in [-0.15, -0.1) is 0 Å². The Bertz CT molecular complexity index is 1260. The van der Waals surface area contributed by atoms with Gasteiger partial charge in [0.15, 0.2) is 0 Å². The van der Waals surface area contributed by atoms with Crippen LogP contribution in [0, 0.1) is 0 Å². The summed E-state index contributed by atoms with van der Waals surface area (Å²) in [6.07, 6.45) is 1.71. The van der Waals surface area contributed by atoms with Crippen molar-refractivity contribution in [3.05, 3.63) is 103 Å². The van der Waals surface area contributed by atoms with Gasteiger partial charge in [0.05, 0.1) is 23.9 Å². The number of rotatable bonds is 8. The summed E-state index contributed by atoms with van der Waals surface area (Å²) in [7, 11) is 3.45. The number of ether oxygens (including phenoxy) is 2. The largest absolute Gasteiger partial charge is 0.497 e. The van der Waals surface area contributed by atoms with Crippen molar-refractivity contribution in [3.63, 3.8) is 0 Å². The molecule has 0 N–H and O–H groups in total. The molecule has 166 valence electrons. The molecule has 1 aromatic heterocycles. The zero-order chi connectivity index (χ0) is 23.2. The molecular weight excluding hydrogens is 412 g/mol. The average molecular weight is 439 g/mol. The van der Waals surface area contributed by atoms with Crippen LogP contribution in [0.4, 0.5) is 0 Å². The number of benzene rings is 3. The van der Waals surface area contributed by atoms with Crippen LogP contribution in [-0.2, 0) is 6.54 Å². The molecule has 0 aliphatic carbocycles. The monoisotopic (exact) mass is 438 g/mol. The number of carbonyl (C=O) groups excluding carboxylic acids is 1. The summed E-state index contributed by atoms with van der Waals surface area (Å²) >= 11 is 0. The fraction of sp³-hybridized carbons (Fsp3) is 0.143. The van der Waals surface area contributed by atoms with Gasteiger partial charge in [-0.05, 0) is 54.1 Å². The van der Waals surface area contributed by atoms with Crippen molar-refractivity contribution in [1.29, 1.82) is 0 Å². The molecule has 0 aliphatic heterocycles. The highest BCUT2D eigenvalue weighted by atomic mass is 16.5. The predicted octanol–water partition coefficient (Wildman–Crippen LogP) is 5.75. The zero-order valence-corrected chi connectivity index (χ0v) is 18.8. The highest BCUT2D eigenvalue weighted by molar-refractivity contribution is 6.07. The number of aromatic nitrogens is 1. The third kappa shape index (κ3) is 5.04. The van der Waals surface area contributed by atoms with Crippen LogP contribution in [0.15, 0.2) is 91.5 Å². The molecule has 4 rings (SSSR count). The van der Waals surface area contributed by atoms with Gasteiger partial charge in [0, 0.05) is 24.5 Å². The quantitative estimate of drug-likeness (QED) is 0.329. The van der Waals surface area contributed by atoms with E-state index in [9.17, 15) is 4.79 Å². The number of pyridine rings is 1. The number of para-hydroxylation sites is 1. The molecule has 1 heterocycles. The number of amides is 1. The smallest absolute Gasteiger partial charge is 0.254 e. The Morgan fingerprint density at radius 1 is 1.00 bits per heavy atom. The summed E-state index contributed by atoms with van der Waals surface area (Å²) in [5.41, 5.74) is 4.10. The summed E-state index contributed by atoms with van der Waals surface area (Å²) in [6, 6.07) is 25.0. The van der Waals surface area contributed by atoms with Gasteiger partial charge < -0.3 is 14.4 Å². The minimum atomic E-state index is -0.0599. The third-order valence-electron chi connectivity index (χ3n) is 5.39. The van der Waals surface area contributed by atoms with Gasteiger partial charge in [-0.2, -0.15) is 0 Å². The fourth-order valence-electron chi connectivity index (χ4n) is 3.66. The van der Waals surface area contributed by atoms with Crippen molar-refractivity contribution in [1.82, 2.24) is 9.88 Å². The molecule has 0 aliphatic rings. The molecule has 0 saturated carbocycles. The second-order valence-corrected chi connectivity index (χ2v) is 7.71. The lowest BCUT2D eigenvalue weighted by atomic mass is 10.0. The van der Waals surface area contributed by atoms with E-state index < -0.39 is 0 Å². The van der Waals surface area contributed by atoms with Gasteiger partial charge in [0.2, 0.25) is 0 Å². The highest BCUT2D eigenvalue weighted by Gasteiger charge is 2.18. The second kappa shape index (κ2) is 10.0. The first-order chi connectivity index (χ1) is 16.1. The number of methoxy groups -OCH3 is 1. The van der Waals surface area contributed by atoms with Gasteiger partial charge >= 0.3 is 0 Å². The van der Waals surface area contributed by atoms with Crippen LogP contribution in [0.2, 0.25) is 0 Å². The van der Waals surface area contributed by atoms with Crippen molar-refractivity contribution >= 4 is 16.8 Å². The molecule has 0 radical (unpaired) electrons. The van der Waals surface area contributed by atoms with Crippen molar-refractivity contribution in [2.75, 3.05) is 20.8 Å². The number of hydrogen-bond donors (Lipinski definition) is 0. The lowest BCUT2D eigenvalue weighted by molar-refractivity contribution is 0.0787. The molecule has 4 aromatic rings. The number of fused-ring (bicyclic) bond motifs is 1. The molecule has 0 fully saturated rings. The summed E-state index contributed by atoms with van der Waals surface area (Å²) in [5.74, 6) is 1.49. The topological polar surface area (TPSA) is 51.7 Å². The molecule has 0 unspecified atom stereocenters. The number of carbonyl (C=O) groups is 1. The fourth-order valence-corrected chi connectivity index (χ4v) is 3.66. The summed E-state index contributed by atoms with van der Waals surface area (Å²) < 4.78 is 10.8. The average Bonchev–Trinajstić information content (AvgIpc) is 2.87. The Morgan fingerprint density at radius 2 is 1.70 bits per heavy atom. The van der Waals surface area contributed by atoms with E-state index in [-0.39, 0.29) is 5.91 Å². The van der Waals surface area contributed by atoms with Gasteiger partial charge in [-0.3, -0.25) is 4.79 Å². The Labute approximate surface area is 193 Å². The van der Waals surface area contributed by atoms with E-state index in [4.69, 9.17) is 14.5 Å². The molecule has 1 amide bonds. The van der Waals surface area contributed by atoms with E-state index in [0.717, 1.165) is 39.2 Å².